The van der Waals surface area contributed by atoms with Crippen LogP contribution in [0.1, 0.15) is 32.1 Å². The third kappa shape index (κ3) is 3.94. The largest absolute Gasteiger partial charge is 0.241 e. The van der Waals surface area contributed by atoms with Crippen molar-refractivity contribution in [3.63, 3.8) is 0 Å². The molecular weight excluding hydrogens is 350 g/mol. The van der Waals surface area contributed by atoms with Gasteiger partial charge in [0.05, 0.1) is 4.90 Å². The van der Waals surface area contributed by atoms with Crippen LogP contribution in [-0.2, 0) is 10.0 Å². The van der Waals surface area contributed by atoms with Gasteiger partial charge in [-0.3, -0.25) is 0 Å². The molecule has 2 unspecified atom stereocenters. The number of halogens is 2. The van der Waals surface area contributed by atoms with Crippen molar-refractivity contribution in [3.05, 3.63) is 28.7 Å². The Balaban J connectivity index is 2.19. The lowest BCUT2D eigenvalue weighted by Crippen LogP contribution is -2.40. The highest BCUT2D eigenvalue weighted by Crippen LogP contribution is 2.26. The van der Waals surface area contributed by atoms with E-state index < -0.39 is 10.0 Å². The quantitative estimate of drug-likeness (QED) is 0.655. The zero-order chi connectivity index (χ0) is 13.9. The van der Waals surface area contributed by atoms with Crippen LogP contribution in [0.25, 0.3) is 0 Å². The van der Waals surface area contributed by atoms with Gasteiger partial charge in [0, 0.05) is 15.9 Å². The van der Waals surface area contributed by atoms with Gasteiger partial charge >= 0.3 is 0 Å². The summed E-state index contributed by atoms with van der Waals surface area (Å²) in [6.07, 6.45) is 4.88. The van der Waals surface area contributed by atoms with Gasteiger partial charge in [0.1, 0.15) is 0 Å². The zero-order valence-corrected chi connectivity index (χ0v) is 13.6. The van der Waals surface area contributed by atoms with E-state index in [1.807, 2.05) is 0 Å². The lowest BCUT2D eigenvalue weighted by Gasteiger charge is -2.21. The van der Waals surface area contributed by atoms with Crippen LogP contribution < -0.4 is 4.72 Å². The van der Waals surface area contributed by atoms with Crippen LogP contribution in [0.4, 0.5) is 0 Å². The van der Waals surface area contributed by atoms with Crippen molar-refractivity contribution in [2.24, 2.45) is 0 Å². The number of hydrogen-bond donors (Lipinski definition) is 1. The molecule has 0 bridgehead atoms. The molecule has 1 aliphatic carbocycles. The van der Waals surface area contributed by atoms with Gasteiger partial charge in [-0.1, -0.05) is 31.4 Å². The van der Waals surface area contributed by atoms with Gasteiger partial charge in [-0.05, 0) is 40.9 Å². The summed E-state index contributed by atoms with van der Waals surface area (Å²) in [4.78, 5) is 0.267. The smallest absolute Gasteiger partial charge is 0.207 e. The van der Waals surface area contributed by atoms with E-state index in [-0.39, 0.29) is 16.3 Å². The van der Waals surface area contributed by atoms with Crippen molar-refractivity contribution in [2.45, 2.75) is 48.4 Å². The number of nitrogens with one attached hydrogen (secondary N) is 1. The van der Waals surface area contributed by atoms with E-state index in [9.17, 15) is 8.42 Å². The number of sulfonamides is 1. The molecule has 0 aliphatic heterocycles. The summed E-state index contributed by atoms with van der Waals surface area (Å²) in [6, 6.07) is 6.64. The van der Waals surface area contributed by atoms with Crippen LogP contribution in [-0.4, -0.2) is 19.8 Å². The zero-order valence-electron chi connectivity index (χ0n) is 10.5. The first-order valence-electron chi connectivity index (χ1n) is 6.41. The van der Waals surface area contributed by atoms with Crippen LogP contribution in [0.3, 0.4) is 0 Å². The van der Waals surface area contributed by atoms with Crippen molar-refractivity contribution in [1.29, 1.82) is 0 Å². The van der Waals surface area contributed by atoms with E-state index >= 15 is 0 Å². The van der Waals surface area contributed by atoms with E-state index in [2.05, 4.69) is 20.7 Å². The van der Waals surface area contributed by atoms with Crippen LogP contribution in [0.5, 0.6) is 0 Å². The van der Waals surface area contributed by atoms with E-state index in [4.69, 9.17) is 11.6 Å². The molecule has 1 aliphatic rings. The fraction of sp³-hybridized carbons (Fsp3) is 0.538. The van der Waals surface area contributed by atoms with Crippen molar-refractivity contribution in [3.8, 4) is 0 Å². The standard InChI is InChI=1S/C13H17BrClNO2S/c14-10-6-4-5-9-13(10)19(17,18)16-12-8-3-1-2-7-11(12)15/h4-6,9,11-12,16H,1-3,7-8H2. The molecule has 0 aromatic heterocycles. The molecule has 2 rings (SSSR count). The van der Waals surface area contributed by atoms with E-state index in [0.717, 1.165) is 32.1 Å². The van der Waals surface area contributed by atoms with Gasteiger partial charge in [0.25, 0.3) is 0 Å². The van der Waals surface area contributed by atoms with Gasteiger partial charge < -0.3 is 0 Å². The van der Waals surface area contributed by atoms with Gasteiger partial charge in [-0.15, -0.1) is 11.6 Å². The van der Waals surface area contributed by atoms with Gasteiger partial charge in [-0.2, -0.15) is 0 Å². The Kier molecular flexibility index (Phi) is 5.29. The molecule has 6 heteroatoms. The van der Waals surface area contributed by atoms with Crippen LogP contribution >= 0.6 is 27.5 Å². The first-order chi connectivity index (χ1) is 9.00. The minimum absolute atomic E-state index is 0.125. The fourth-order valence-corrected chi connectivity index (χ4v) is 5.05. The molecular formula is C13H17BrClNO2S. The van der Waals surface area contributed by atoms with E-state index in [1.54, 1.807) is 24.3 Å². The second-order valence-corrected chi connectivity index (χ2v) is 7.91. The molecule has 1 N–H and O–H groups in total. The molecule has 3 nitrogen and oxygen atoms in total. The maximum absolute atomic E-state index is 12.4. The molecule has 0 heterocycles. The summed E-state index contributed by atoms with van der Waals surface area (Å²) in [7, 11) is -3.52. The van der Waals surface area contributed by atoms with Crippen LogP contribution in [0.15, 0.2) is 33.6 Å². The summed E-state index contributed by atoms with van der Waals surface area (Å²) in [5.74, 6) is 0. The lowest BCUT2D eigenvalue weighted by molar-refractivity contribution is 0.514. The monoisotopic (exact) mass is 365 g/mol. The summed E-state index contributed by atoms with van der Waals surface area (Å²) in [5.41, 5.74) is 0. The highest BCUT2D eigenvalue weighted by molar-refractivity contribution is 9.10. The predicted octanol–water partition coefficient (Wildman–Crippen LogP) is 3.67. The van der Waals surface area contributed by atoms with Crippen molar-refractivity contribution >= 4 is 37.6 Å². The number of benzene rings is 1. The molecule has 0 radical (unpaired) electrons. The van der Waals surface area contributed by atoms with Crippen molar-refractivity contribution < 1.29 is 8.42 Å². The number of hydrogen-bond acceptors (Lipinski definition) is 2. The molecule has 1 fully saturated rings. The summed E-state index contributed by atoms with van der Waals surface area (Å²) >= 11 is 9.56. The summed E-state index contributed by atoms with van der Waals surface area (Å²) < 4.78 is 28.1. The minimum atomic E-state index is -3.52. The Morgan fingerprint density at radius 1 is 1.16 bits per heavy atom. The highest BCUT2D eigenvalue weighted by atomic mass is 79.9. The predicted molar refractivity (Wildman–Crippen MR) is 81.0 cm³/mol. The number of rotatable bonds is 3. The average Bonchev–Trinajstić information content (AvgIpc) is 2.55. The first-order valence-corrected chi connectivity index (χ1v) is 9.13. The average molecular weight is 367 g/mol. The maximum Gasteiger partial charge on any atom is 0.241 e. The van der Waals surface area contributed by atoms with Crippen LogP contribution in [0, 0.1) is 0 Å². The molecule has 0 saturated heterocycles. The molecule has 2 atom stereocenters. The molecule has 106 valence electrons. The third-order valence-electron chi connectivity index (χ3n) is 3.36. The molecule has 0 amide bonds. The lowest BCUT2D eigenvalue weighted by atomic mass is 10.1. The molecule has 1 aromatic carbocycles. The first kappa shape index (κ1) is 15.3. The summed E-state index contributed by atoms with van der Waals surface area (Å²) in [6.45, 7) is 0. The van der Waals surface area contributed by atoms with E-state index in [0.29, 0.717) is 4.47 Å². The fourth-order valence-electron chi connectivity index (χ4n) is 2.32. The molecule has 0 spiro atoms. The SMILES string of the molecule is O=S(=O)(NC1CCCCCC1Cl)c1ccccc1Br. The topological polar surface area (TPSA) is 46.2 Å². The molecule has 19 heavy (non-hydrogen) atoms. The second-order valence-electron chi connectivity index (χ2n) is 4.81. The van der Waals surface area contributed by atoms with Gasteiger partial charge in [-0.25, -0.2) is 13.1 Å². The van der Waals surface area contributed by atoms with Crippen molar-refractivity contribution in [1.82, 2.24) is 4.72 Å². The van der Waals surface area contributed by atoms with E-state index in [1.165, 1.54) is 0 Å². The Labute approximate surface area is 127 Å². The highest BCUT2D eigenvalue weighted by Gasteiger charge is 2.27. The normalized spacial score (nSPS) is 24.9. The Morgan fingerprint density at radius 2 is 1.84 bits per heavy atom. The van der Waals surface area contributed by atoms with Crippen LogP contribution in [0.2, 0.25) is 0 Å². The Hall–Kier alpha value is -0.100. The third-order valence-corrected chi connectivity index (χ3v) is 6.39. The molecule has 1 aromatic rings. The van der Waals surface area contributed by atoms with Crippen molar-refractivity contribution in [2.75, 3.05) is 0 Å². The van der Waals surface area contributed by atoms with Gasteiger partial charge in [0.15, 0.2) is 0 Å². The summed E-state index contributed by atoms with van der Waals surface area (Å²) in [5, 5.41) is -0.125. The maximum atomic E-state index is 12.4. The second kappa shape index (κ2) is 6.57. The Bertz CT molecular complexity index is 535. The van der Waals surface area contributed by atoms with Gasteiger partial charge in [0.2, 0.25) is 10.0 Å². The molecule has 1 saturated carbocycles. The minimum Gasteiger partial charge on any atom is -0.207 e. The number of alkyl halides is 1. The Morgan fingerprint density at radius 3 is 2.58 bits per heavy atom.